The van der Waals surface area contributed by atoms with Gasteiger partial charge < -0.3 is 10.3 Å². The molecular weight excluding hydrogens is 374 g/mol. The van der Waals surface area contributed by atoms with E-state index in [1.165, 1.54) is 5.56 Å². The van der Waals surface area contributed by atoms with Gasteiger partial charge in [0.2, 0.25) is 0 Å². The molecule has 2 N–H and O–H groups in total. The number of hydrogen-bond acceptors (Lipinski definition) is 2. The fourth-order valence-corrected chi connectivity index (χ4v) is 4.07. The Hall–Kier alpha value is -3.86. The molecule has 0 atom stereocenters. The van der Waals surface area contributed by atoms with Crippen molar-refractivity contribution in [2.45, 2.75) is 13.3 Å². The van der Waals surface area contributed by atoms with E-state index in [1.807, 2.05) is 55.5 Å². The summed E-state index contributed by atoms with van der Waals surface area (Å²) in [6, 6.07) is 21.4. The van der Waals surface area contributed by atoms with Gasteiger partial charge >= 0.3 is 6.03 Å². The van der Waals surface area contributed by atoms with E-state index in [0.29, 0.717) is 11.9 Å². The molecule has 0 saturated carbocycles. The number of aromatic nitrogens is 1. The number of anilines is 2. The van der Waals surface area contributed by atoms with Gasteiger partial charge in [-0.2, -0.15) is 0 Å². The third kappa shape index (κ3) is 3.14. The molecule has 1 aromatic heterocycles. The quantitative estimate of drug-likeness (QED) is 0.496. The number of urea groups is 1. The predicted octanol–water partition coefficient (Wildman–Crippen LogP) is 5.10. The Labute approximate surface area is 174 Å². The van der Waals surface area contributed by atoms with E-state index < -0.39 is 0 Å². The van der Waals surface area contributed by atoms with Crippen LogP contribution in [0.1, 0.15) is 11.1 Å². The lowest BCUT2D eigenvalue weighted by Crippen LogP contribution is -2.33. The number of benzene rings is 3. The lowest BCUT2D eigenvalue weighted by molar-refractivity contribution is 0.257. The van der Waals surface area contributed by atoms with Crippen molar-refractivity contribution >= 4 is 28.2 Å². The van der Waals surface area contributed by atoms with E-state index >= 15 is 0 Å². The molecule has 4 aromatic rings. The standard InChI is InChI=1S/C25H21N3O2/c1-16-6-7-18-12-13-28(23(18)14-16)25(30)27-19-10-8-17(9-11-19)22-15-26-24(29)21-5-3-2-4-20(21)22/h2-11,14-15H,12-13H2,1H3,(H,26,29)(H,27,30). The Morgan fingerprint density at radius 1 is 1.00 bits per heavy atom. The minimum Gasteiger partial charge on any atom is -0.328 e. The number of carbonyl (C=O) groups excluding carboxylic acids is 1. The largest absolute Gasteiger partial charge is 0.328 e. The summed E-state index contributed by atoms with van der Waals surface area (Å²) >= 11 is 0. The van der Waals surface area contributed by atoms with E-state index in [0.717, 1.165) is 39.9 Å². The van der Waals surface area contributed by atoms with Crippen LogP contribution >= 0.6 is 0 Å². The summed E-state index contributed by atoms with van der Waals surface area (Å²) in [6.07, 6.45) is 2.61. The van der Waals surface area contributed by atoms with Crippen LogP contribution in [0.5, 0.6) is 0 Å². The number of carbonyl (C=O) groups is 1. The maximum absolute atomic E-state index is 12.8. The fourth-order valence-electron chi connectivity index (χ4n) is 4.07. The fraction of sp³-hybridized carbons (Fsp3) is 0.120. The summed E-state index contributed by atoms with van der Waals surface area (Å²) in [7, 11) is 0. The zero-order chi connectivity index (χ0) is 20.7. The zero-order valence-electron chi connectivity index (χ0n) is 16.6. The van der Waals surface area contributed by atoms with Crippen LogP contribution in [-0.4, -0.2) is 17.6 Å². The van der Waals surface area contributed by atoms with Gasteiger partial charge in [-0.15, -0.1) is 0 Å². The molecule has 1 aliphatic heterocycles. The highest BCUT2D eigenvalue weighted by Gasteiger charge is 2.24. The normalized spacial score (nSPS) is 12.8. The number of amides is 2. The maximum atomic E-state index is 12.8. The van der Waals surface area contributed by atoms with Gasteiger partial charge in [0.15, 0.2) is 0 Å². The van der Waals surface area contributed by atoms with Crippen LogP contribution in [0.4, 0.5) is 16.2 Å². The maximum Gasteiger partial charge on any atom is 0.326 e. The number of pyridine rings is 1. The highest BCUT2D eigenvalue weighted by Crippen LogP contribution is 2.30. The Kier molecular flexibility index (Phi) is 4.36. The van der Waals surface area contributed by atoms with Crippen LogP contribution < -0.4 is 15.8 Å². The van der Waals surface area contributed by atoms with Gasteiger partial charge in [0.1, 0.15) is 0 Å². The average molecular weight is 395 g/mol. The molecule has 0 aliphatic carbocycles. The van der Waals surface area contributed by atoms with Crippen LogP contribution in [0.3, 0.4) is 0 Å². The van der Waals surface area contributed by atoms with Crippen LogP contribution in [0, 0.1) is 6.92 Å². The van der Waals surface area contributed by atoms with Crippen molar-refractivity contribution < 1.29 is 4.79 Å². The van der Waals surface area contributed by atoms with E-state index in [1.54, 1.807) is 11.1 Å². The van der Waals surface area contributed by atoms with Gasteiger partial charge in [-0.05, 0) is 59.7 Å². The number of nitrogens with zero attached hydrogens (tertiary/aromatic N) is 1. The molecule has 2 amide bonds. The zero-order valence-corrected chi connectivity index (χ0v) is 16.6. The highest BCUT2D eigenvalue weighted by molar-refractivity contribution is 6.03. The number of H-pyrrole nitrogens is 1. The van der Waals surface area contributed by atoms with Crippen molar-refractivity contribution in [3.05, 3.63) is 94.4 Å². The van der Waals surface area contributed by atoms with Crippen LogP contribution in [0.25, 0.3) is 21.9 Å². The summed E-state index contributed by atoms with van der Waals surface area (Å²) < 4.78 is 0. The van der Waals surface area contributed by atoms with Gasteiger partial charge in [-0.25, -0.2) is 4.79 Å². The first-order valence-corrected chi connectivity index (χ1v) is 9.99. The Balaban J connectivity index is 1.40. The minimum absolute atomic E-state index is 0.0978. The molecule has 0 saturated heterocycles. The van der Waals surface area contributed by atoms with Crippen molar-refractivity contribution in [1.29, 1.82) is 0 Å². The molecule has 5 rings (SSSR count). The molecule has 0 radical (unpaired) electrons. The number of aromatic amines is 1. The molecule has 3 aromatic carbocycles. The highest BCUT2D eigenvalue weighted by atomic mass is 16.2. The molecular formula is C25H21N3O2. The average Bonchev–Trinajstić information content (AvgIpc) is 3.18. The SMILES string of the molecule is Cc1ccc2c(c1)N(C(=O)Nc1ccc(-c3c[nH]c(=O)c4ccccc34)cc1)CC2. The third-order valence-corrected chi connectivity index (χ3v) is 5.64. The summed E-state index contributed by atoms with van der Waals surface area (Å²) in [5, 5.41) is 4.57. The molecule has 0 bridgehead atoms. The lowest BCUT2D eigenvalue weighted by Gasteiger charge is -2.18. The second-order valence-electron chi connectivity index (χ2n) is 7.62. The predicted molar refractivity (Wildman–Crippen MR) is 121 cm³/mol. The first-order chi connectivity index (χ1) is 14.6. The van der Waals surface area contributed by atoms with Gasteiger partial charge in [0, 0.05) is 35.1 Å². The van der Waals surface area contributed by atoms with Gasteiger partial charge in [-0.3, -0.25) is 9.69 Å². The first-order valence-electron chi connectivity index (χ1n) is 9.99. The summed E-state index contributed by atoms with van der Waals surface area (Å²) in [6.45, 7) is 2.72. The number of hydrogen-bond donors (Lipinski definition) is 2. The third-order valence-electron chi connectivity index (χ3n) is 5.64. The van der Waals surface area contributed by atoms with Crippen molar-refractivity contribution in [3.63, 3.8) is 0 Å². The molecule has 2 heterocycles. The summed E-state index contributed by atoms with van der Waals surface area (Å²) in [5.74, 6) is 0. The van der Waals surface area contributed by atoms with Crippen molar-refractivity contribution in [2.75, 3.05) is 16.8 Å². The minimum atomic E-state index is -0.124. The van der Waals surface area contributed by atoms with Gasteiger partial charge in [-0.1, -0.05) is 42.5 Å². The van der Waals surface area contributed by atoms with E-state index in [2.05, 4.69) is 28.5 Å². The van der Waals surface area contributed by atoms with E-state index in [-0.39, 0.29) is 11.6 Å². The molecule has 5 nitrogen and oxygen atoms in total. The Morgan fingerprint density at radius 2 is 1.77 bits per heavy atom. The van der Waals surface area contributed by atoms with Crippen molar-refractivity contribution in [2.24, 2.45) is 0 Å². The number of nitrogens with one attached hydrogen (secondary N) is 2. The van der Waals surface area contributed by atoms with Gasteiger partial charge in [0.25, 0.3) is 5.56 Å². The Morgan fingerprint density at radius 3 is 2.57 bits per heavy atom. The van der Waals surface area contributed by atoms with E-state index in [9.17, 15) is 9.59 Å². The number of fused-ring (bicyclic) bond motifs is 2. The Bertz CT molecular complexity index is 1320. The summed E-state index contributed by atoms with van der Waals surface area (Å²) in [4.78, 5) is 29.5. The number of rotatable bonds is 2. The second-order valence-corrected chi connectivity index (χ2v) is 7.62. The lowest BCUT2D eigenvalue weighted by atomic mass is 10.0. The summed E-state index contributed by atoms with van der Waals surface area (Å²) in [5.41, 5.74) is 5.90. The molecule has 148 valence electrons. The smallest absolute Gasteiger partial charge is 0.326 e. The topological polar surface area (TPSA) is 65.2 Å². The molecule has 0 spiro atoms. The first kappa shape index (κ1) is 18.2. The monoisotopic (exact) mass is 395 g/mol. The van der Waals surface area contributed by atoms with Crippen molar-refractivity contribution in [3.8, 4) is 11.1 Å². The molecule has 5 heteroatoms. The van der Waals surface area contributed by atoms with Gasteiger partial charge in [0.05, 0.1) is 0 Å². The second kappa shape index (κ2) is 7.19. The van der Waals surface area contributed by atoms with Crippen LogP contribution in [0.15, 0.2) is 77.7 Å². The van der Waals surface area contributed by atoms with Crippen molar-refractivity contribution in [1.82, 2.24) is 4.98 Å². The molecule has 1 aliphatic rings. The van der Waals surface area contributed by atoms with Crippen LogP contribution in [-0.2, 0) is 6.42 Å². The number of aryl methyl sites for hydroxylation is 1. The molecule has 30 heavy (non-hydrogen) atoms. The molecule has 0 fully saturated rings. The van der Waals surface area contributed by atoms with E-state index in [4.69, 9.17) is 0 Å². The van der Waals surface area contributed by atoms with Crippen LogP contribution in [0.2, 0.25) is 0 Å². The molecule has 0 unspecified atom stereocenters.